The van der Waals surface area contributed by atoms with E-state index in [1.54, 1.807) is 0 Å². The van der Waals surface area contributed by atoms with Crippen molar-refractivity contribution >= 4 is 56.1 Å². The van der Waals surface area contributed by atoms with E-state index in [1.165, 1.54) is 44.5 Å². The van der Waals surface area contributed by atoms with Crippen molar-refractivity contribution in [1.29, 1.82) is 0 Å². The molecular weight excluding hydrogens is 873 g/mol. The summed E-state index contributed by atoms with van der Waals surface area (Å²) in [7, 11) is 0. The summed E-state index contributed by atoms with van der Waals surface area (Å²) in [5.41, 5.74) is 21.5. The molecule has 3 nitrogen and oxygen atoms in total. The molecule has 10 aromatic rings. The molecule has 0 N–H and O–H groups in total. The van der Waals surface area contributed by atoms with Gasteiger partial charge in [-0.05, 0) is 133 Å². The molecule has 1 aliphatic rings. The van der Waals surface area contributed by atoms with Crippen molar-refractivity contribution in [3.63, 3.8) is 0 Å². The lowest BCUT2D eigenvalue weighted by atomic mass is 9.81. The maximum atomic E-state index is 7.49. The van der Waals surface area contributed by atoms with Crippen molar-refractivity contribution in [3.05, 3.63) is 228 Å². The minimum absolute atomic E-state index is 0.00607. The Morgan fingerprint density at radius 2 is 0.806 bits per heavy atom. The molecular formula is C69H66N2O. The third-order valence-electron chi connectivity index (χ3n) is 15.2. The zero-order valence-electron chi connectivity index (χ0n) is 43.9. The Morgan fingerprint density at radius 3 is 1.31 bits per heavy atom. The van der Waals surface area contributed by atoms with Crippen LogP contribution in [0.25, 0.3) is 55.3 Å². The predicted octanol–water partition coefficient (Wildman–Crippen LogP) is 20.1. The van der Waals surface area contributed by atoms with Crippen molar-refractivity contribution in [2.45, 2.75) is 97.8 Å². The van der Waals surface area contributed by atoms with Crippen LogP contribution in [0.1, 0.15) is 104 Å². The molecule has 0 saturated carbocycles. The largest absolute Gasteiger partial charge is 0.455 e. The van der Waals surface area contributed by atoms with Crippen LogP contribution in [0.15, 0.2) is 205 Å². The van der Waals surface area contributed by atoms with Crippen molar-refractivity contribution in [2.75, 3.05) is 9.80 Å². The number of nitrogens with zero attached hydrogens (tertiary/aromatic N) is 2. The second-order valence-electron chi connectivity index (χ2n) is 23.5. The summed E-state index contributed by atoms with van der Waals surface area (Å²) in [6.45, 7) is 25.3. The molecule has 11 rings (SSSR count). The number of fused-ring (bicyclic) bond motifs is 7. The molecule has 0 amide bonds. The number of hydrogen-bond donors (Lipinski definition) is 0. The zero-order chi connectivity index (χ0) is 50.3. The summed E-state index contributed by atoms with van der Waals surface area (Å²) < 4.78 is 7.49. The van der Waals surface area contributed by atoms with Gasteiger partial charge in [0.25, 0.3) is 0 Å². The summed E-state index contributed by atoms with van der Waals surface area (Å²) in [4.78, 5) is 4.89. The molecule has 0 aliphatic heterocycles. The number of rotatable bonds is 8. The first-order valence-electron chi connectivity index (χ1n) is 25.7. The predicted molar refractivity (Wildman–Crippen MR) is 308 cm³/mol. The Kier molecular flexibility index (Phi) is 11.2. The number of hydrogen-bond acceptors (Lipinski definition) is 3. The minimum atomic E-state index is -0.401. The lowest BCUT2D eigenvalue weighted by molar-refractivity contribution is 0.590. The van der Waals surface area contributed by atoms with Gasteiger partial charge in [-0.15, -0.1) is 0 Å². The molecule has 9 aromatic carbocycles. The van der Waals surface area contributed by atoms with Gasteiger partial charge in [-0.25, -0.2) is 0 Å². The Hall–Kier alpha value is -7.62. The van der Waals surface area contributed by atoms with E-state index >= 15 is 0 Å². The van der Waals surface area contributed by atoms with Gasteiger partial charge in [-0.1, -0.05) is 210 Å². The number of anilines is 6. The number of benzene rings is 9. The first-order chi connectivity index (χ1) is 34.4. The minimum Gasteiger partial charge on any atom is -0.455 e. The van der Waals surface area contributed by atoms with Crippen molar-refractivity contribution < 1.29 is 4.42 Å². The third-order valence-corrected chi connectivity index (χ3v) is 15.2. The molecule has 0 spiro atoms. The summed E-state index contributed by atoms with van der Waals surface area (Å²) in [6.07, 6.45) is 0. The van der Waals surface area contributed by atoms with Gasteiger partial charge in [0.15, 0.2) is 0 Å². The molecule has 0 unspecified atom stereocenters. The molecule has 0 fully saturated rings. The summed E-state index contributed by atoms with van der Waals surface area (Å²) >= 11 is 0. The molecule has 1 aliphatic carbocycles. The van der Waals surface area contributed by atoms with Gasteiger partial charge in [0.2, 0.25) is 0 Å². The second-order valence-corrected chi connectivity index (χ2v) is 23.5. The zero-order valence-corrected chi connectivity index (χ0v) is 43.9. The third kappa shape index (κ3) is 8.19. The van der Waals surface area contributed by atoms with Gasteiger partial charge in [-0.3, -0.25) is 0 Å². The van der Waals surface area contributed by atoms with Gasteiger partial charge in [-0.2, -0.15) is 0 Å². The molecule has 1 heterocycles. The smallest absolute Gasteiger partial charge is 0.145 e. The highest BCUT2D eigenvalue weighted by atomic mass is 16.3. The maximum Gasteiger partial charge on any atom is 0.145 e. The maximum absolute atomic E-state index is 7.49. The molecule has 1 aromatic heterocycles. The molecule has 0 saturated heterocycles. The standard InChI is InChI=1S/C69H66N2O/c1-66(2,3)48-27-35-51(36-28-48)70(52-37-29-49(30-38-52)67(4,5)6)55-41-42-57-59(43-55)69(10,11)60-44-61(63-58-24-18-23-56(47-21-16-13-17-22-47)64(58)72-65(63)62(57)60)71(54-39-31-50(32-40-54)68(7,8)9)53-33-25-46(26-34-53)45-19-14-12-15-20-45/h12-44H,1-11H3. The molecule has 0 atom stereocenters. The first kappa shape index (κ1) is 46.7. The fourth-order valence-corrected chi connectivity index (χ4v) is 10.9. The quantitative estimate of drug-likeness (QED) is 0.151. The van der Waals surface area contributed by atoms with Gasteiger partial charge < -0.3 is 14.2 Å². The van der Waals surface area contributed by atoms with Gasteiger partial charge >= 0.3 is 0 Å². The monoisotopic (exact) mass is 939 g/mol. The van der Waals surface area contributed by atoms with Crippen LogP contribution in [0, 0.1) is 0 Å². The summed E-state index contributed by atoms with van der Waals surface area (Å²) in [5.74, 6) is 0. The Labute approximate surface area is 427 Å². The van der Waals surface area contributed by atoms with E-state index in [4.69, 9.17) is 4.42 Å². The average Bonchev–Trinajstić information content (AvgIpc) is 3.87. The Balaban J connectivity index is 1.16. The van der Waals surface area contributed by atoms with Gasteiger partial charge in [0.05, 0.1) is 11.1 Å². The van der Waals surface area contributed by atoms with Gasteiger partial charge in [0, 0.05) is 50.4 Å². The van der Waals surface area contributed by atoms with E-state index in [0.717, 1.165) is 72.8 Å². The van der Waals surface area contributed by atoms with Crippen molar-refractivity contribution in [3.8, 4) is 33.4 Å². The fraction of sp³-hybridized carbons (Fsp3) is 0.217. The van der Waals surface area contributed by atoms with Crippen molar-refractivity contribution in [2.24, 2.45) is 0 Å². The highest BCUT2D eigenvalue weighted by molar-refractivity contribution is 6.21. The van der Waals surface area contributed by atoms with Crippen LogP contribution in [0.5, 0.6) is 0 Å². The summed E-state index contributed by atoms with van der Waals surface area (Å²) in [5, 5.41) is 2.19. The second kappa shape index (κ2) is 17.3. The SMILES string of the molecule is CC(C)(C)c1ccc(N(c2ccc(C(C)(C)C)cc2)c2ccc3c(c2)C(C)(C)c2cc(N(c4ccc(-c5ccccc5)cc4)c4ccc(C(C)(C)C)cc4)c4c(oc5c(-c6ccccc6)cccc54)c2-3)cc1. The van der Waals surface area contributed by atoms with Crippen LogP contribution in [-0.4, -0.2) is 0 Å². The lowest BCUT2D eigenvalue weighted by Crippen LogP contribution is -2.18. The average molecular weight is 939 g/mol. The first-order valence-corrected chi connectivity index (χ1v) is 25.7. The number of furan rings is 1. The number of para-hydroxylation sites is 1. The highest BCUT2D eigenvalue weighted by Gasteiger charge is 2.40. The molecule has 0 bridgehead atoms. The topological polar surface area (TPSA) is 19.6 Å². The van der Waals surface area contributed by atoms with Crippen LogP contribution in [-0.2, 0) is 21.7 Å². The van der Waals surface area contributed by atoms with Crippen LogP contribution in [0.2, 0.25) is 0 Å². The van der Waals surface area contributed by atoms with E-state index in [0.29, 0.717) is 0 Å². The van der Waals surface area contributed by atoms with Crippen LogP contribution >= 0.6 is 0 Å². The van der Waals surface area contributed by atoms with E-state index < -0.39 is 5.41 Å². The molecule has 0 radical (unpaired) electrons. The Morgan fingerprint density at radius 1 is 0.361 bits per heavy atom. The lowest BCUT2D eigenvalue weighted by Gasteiger charge is -2.30. The summed E-state index contributed by atoms with van der Waals surface area (Å²) in [6, 6.07) is 74.1. The van der Waals surface area contributed by atoms with Crippen molar-refractivity contribution in [1.82, 2.24) is 0 Å². The van der Waals surface area contributed by atoms with E-state index in [-0.39, 0.29) is 16.2 Å². The molecule has 358 valence electrons. The highest BCUT2D eigenvalue weighted by Crippen LogP contribution is 2.58. The van der Waals surface area contributed by atoms with E-state index in [1.807, 2.05) is 0 Å². The molecule has 72 heavy (non-hydrogen) atoms. The van der Waals surface area contributed by atoms with E-state index in [9.17, 15) is 0 Å². The van der Waals surface area contributed by atoms with Crippen LogP contribution < -0.4 is 9.80 Å². The van der Waals surface area contributed by atoms with E-state index in [2.05, 4.69) is 286 Å². The molecule has 3 heteroatoms. The van der Waals surface area contributed by atoms with Crippen LogP contribution in [0.4, 0.5) is 34.1 Å². The normalized spacial score (nSPS) is 13.3. The van der Waals surface area contributed by atoms with Gasteiger partial charge in [0.1, 0.15) is 11.2 Å². The Bertz CT molecular complexity index is 3540. The fourth-order valence-electron chi connectivity index (χ4n) is 10.9. The van der Waals surface area contributed by atoms with Crippen LogP contribution in [0.3, 0.4) is 0 Å².